The standard InChI is InChI=1S/C23H29ClFN3O/c1-27(15-18-6-11-26-12-7-18)17-20-5-8-23(29-20)9-13-28(14-10-23)16-19-3-2-4-21(24)22(19)25/h2-4,6-7,11-12,20H,5,8-10,13-17H2,1H3. The normalized spacial score (nSPS) is 21.9. The molecule has 0 saturated carbocycles. The molecule has 2 aromatic rings. The fourth-order valence-electron chi connectivity index (χ4n) is 4.63. The highest BCUT2D eigenvalue weighted by atomic mass is 35.5. The molecule has 3 heterocycles. The quantitative estimate of drug-likeness (QED) is 0.690. The number of rotatable bonds is 6. The Kier molecular flexibility index (Phi) is 6.50. The molecular weight excluding hydrogens is 389 g/mol. The molecule has 2 aliphatic rings. The SMILES string of the molecule is CN(Cc1ccncc1)CC1CCC2(CCN(Cc3cccc(Cl)c3F)CC2)O1. The smallest absolute Gasteiger partial charge is 0.146 e. The first-order valence-electron chi connectivity index (χ1n) is 10.4. The van der Waals surface area contributed by atoms with Gasteiger partial charge < -0.3 is 4.74 Å². The third kappa shape index (κ3) is 5.15. The summed E-state index contributed by atoms with van der Waals surface area (Å²) >= 11 is 5.92. The molecule has 2 saturated heterocycles. The van der Waals surface area contributed by atoms with Gasteiger partial charge in [-0.1, -0.05) is 23.7 Å². The van der Waals surface area contributed by atoms with Crippen LogP contribution in [0.1, 0.15) is 36.8 Å². The van der Waals surface area contributed by atoms with Crippen molar-refractivity contribution in [3.05, 3.63) is 64.7 Å². The minimum atomic E-state index is -0.288. The maximum atomic E-state index is 14.2. The maximum absolute atomic E-state index is 14.2. The monoisotopic (exact) mass is 417 g/mol. The van der Waals surface area contributed by atoms with Gasteiger partial charge in [0.05, 0.1) is 16.7 Å². The van der Waals surface area contributed by atoms with Crippen LogP contribution in [-0.2, 0) is 17.8 Å². The number of piperidine rings is 1. The van der Waals surface area contributed by atoms with Crippen LogP contribution < -0.4 is 0 Å². The average molecular weight is 418 g/mol. The van der Waals surface area contributed by atoms with Gasteiger partial charge in [0.15, 0.2) is 0 Å². The fraction of sp³-hybridized carbons (Fsp3) is 0.522. The van der Waals surface area contributed by atoms with Gasteiger partial charge in [0.25, 0.3) is 0 Å². The molecule has 1 aromatic heterocycles. The molecule has 0 N–H and O–H groups in total. The molecule has 2 aliphatic heterocycles. The van der Waals surface area contributed by atoms with Crippen molar-refractivity contribution in [1.29, 1.82) is 0 Å². The van der Waals surface area contributed by atoms with Crippen LogP contribution in [0.15, 0.2) is 42.7 Å². The number of pyridine rings is 1. The van der Waals surface area contributed by atoms with Gasteiger partial charge >= 0.3 is 0 Å². The Morgan fingerprint density at radius 3 is 2.72 bits per heavy atom. The van der Waals surface area contributed by atoms with Crippen LogP contribution in [0.5, 0.6) is 0 Å². The predicted octanol–water partition coefficient (Wildman–Crippen LogP) is 4.52. The van der Waals surface area contributed by atoms with E-state index < -0.39 is 0 Å². The molecular formula is C23H29ClFN3O. The zero-order valence-corrected chi connectivity index (χ0v) is 17.7. The molecule has 1 atom stereocenters. The minimum absolute atomic E-state index is 0.00551. The van der Waals surface area contributed by atoms with E-state index in [9.17, 15) is 4.39 Å². The first kappa shape index (κ1) is 20.7. The van der Waals surface area contributed by atoms with Crippen LogP contribution in [0.2, 0.25) is 5.02 Å². The summed E-state index contributed by atoms with van der Waals surface area (Å²) < 4.78 is 20.8. The van der Waals surface area contributed by atoms with Crippen molar-refractivity contribution in [3.8, 4) is 0 Å². The van der Waals surface area contributed by atoms with Crippen LogP contribution >= 0.6 is 11.6 Å². The van der Waals surface area contributed by atoms with Crippen LogP contribution in [0.4, 0.5) is 4.39 Å². The summed E-state index contributed by atoms with van der Waals surface area (Å²) in [6.45, 7) is 4.34. The van der Waals surface area contributed by atoms with Gasteiger partial charge in [0.2, 0.25) is 0 Å². The average Bonchev–Trinajstić information content (AvgIpc) is 3.10. The Balaban J connectivity index is 1.25. The Bertz CT molecular complexity index is 811. The molecule has 4 nitrogen and oxygen atoms in total. The number of likely N-dealkylation sites (tertiary alicyclic amines) is 1. The number of ether oxygens (including phenoxy) is 1. The van der Waals surface area contributed by atoms with Crippen molar-refractivity contribution < 1.29 is 9.13 Å². The second kappa shape index (κ2) is 9.09. The first-order valence-corrected chi connectivity index (χ1v) is 10.8. The molecule has 0 aliphatic carbocycles. The molecule has 0 bridgehead atoms. The molecule has 0 amide bonds. The largest absolute Gasteiger partial charge is 0.370 e. The topological polar surface area (TPSA) is 28.6 Å². The number of hydrogen-bond acceptors (Lipinski definition) is 4. The molecule has 156 valence electrons. The molecule has 0 radical (unpaired) electrons. The Labute approximate surface area is 177 Å². The highest BCUT2D eigenvalue weighted by Crippen LogP contribution is 2.39. The van der Waals surface area contributed by atoms with Crippen molar-refractivity contribution >= 4 is 11.6 Å². The zero-order chi connectivity index (χ0) is 20.3. The Morgan fingerprint density at radius 1 is 1.21 bits per heavy atom. The van der Waals surface area contributed by atoms with E-state index in [1.54, 1.807) is 6.07 Å². The zero-order valence-electron chi connectivity index (χ0n) is 17.0. The lowest BCUT2D eigenvalue weighted by atomic mass is 9.88. The second-order valence-corrected chi connectivity index (χ2v) is 8.91. The summed E-state index contributed by atoms with van der Waals surface area (Å²) in [7, 11) is 2.15. The van der Waals surface area contributed by atoms with E-state index in [-0.39, 0.29) is 16.4 Å². The number of benzene rings is 1. The lowest BCUT2D eigenvalue weighted by Crippen LogP contribution is -2.44. The van der Waals surface area contributed by atoms with Gasteiger partial charge in [0.1, 0.15) is 5.82 Å². The van der Waals surface area contributed by atoms with Gasteiger partial charge in [-0.3, -0.25) is 14.8 Å². The van der Waals surface area contributed by atoms with Gasteiger partial charge in [-0.25, -0.2) is 4.39 Å². The Morgan fingerprint density at radius 2 is 1.97 bits per heavy atom. The Hall–Kier alpha value is -1.53. The van der Waals surface area contributed by atoms with Gasteiger partial charge in [-0.2, -0.15) is 0 Å². The van der Waals surface area contributed by atoms with Crippen molar-refractivity contribution in [2.75, 3.05) is 26.7 Å². The molecule has 1 spiro atoms. The van der Waals surface area contributed by atoms with Crippen molar-refractivity contribution in [2.45, 2.75) is 50.5 Å². The van der Waals surface area contributed by atoms with E-state index in [1.165, 1.54) is 5.56 Å². The molecule has 6 heteroatoms. The predicted molar refractivity (Wildman–Crippen MR) is 113 cm³/mol. The number of nitrogens with zero attached hydrogens (tertiary/aromatic N) is 3. The van der Waals surface area contributed by atoms with Gasteiger partial charge in [-0.15, -0.1) is 0 Å². The summed E-state index contributed by atoms with van der Waals surface area (Å²) in [6.07, 6.45) is 8.24. The number of aromatic nitrogens is 1. The summed E-state index contributed by atoms with van der Waals surface area (Å²) in [6, 6.07) is 9.37. The lowest BCUT2D eigenvalue weighted by molar-refractivity contribution is -0.0839. The molecule has 29 heavy (non-hydrogen) atoms. The van der Waals surface area contributed by atoms with E-state index in [4.69, 9.17) is 16.3 Å². The molecule has 2 fully saturated rings. The first-order chi connectivity index (χ1) is 14.0. The third-order valence-electron chi connectivity index (χ3n) is 6.25. The van der Waals surface area contributed by atoms with Crippen molar-refractivity contribution in [3.63, 3.8) is 0 Å². The van der Waals surface area contributed by atoms with Gasteiger partial charge in [-0.05, 0) is 56.5 Å². The van der Waals surface area contributed by atoms with Gasteiger partial charge in [0, 0.05) is 50.7 Å². The maximum Gasteiger partial charge on any atom is 0.146 e. The summed E-state index contributed by atoms with van der Waals surface area (Å²) in [4.78, 5) is 8.72. The van der Waals surface area contributed by atoms with Crippen LogP contribution in [0.3, 0.4) is 0 Å². The van der Waals surface area contributed by atoms with Crippen LogP contribution in [0.25, 0.3) is 0 Å². The van der Waals surface area contributed by atoms with Crippen molar-refractivity contribution in [2.24, 2.45) is 0 Å². The number of halogens is 2. The number of hydrogen-bond donors (Lipinski definition) is 0. The highest BCUT2D eigenvalue weighted by Gasteiger charge is 2.42. The van der Waals surface area contributed by atoms with E-state index >= 15 is 0 Å². The molecule has 4 rings (SSSR count). The lowest BCUT2D eigenvalue weighted by Gasteiger charge is -2.39. The molecule has 1 unspecified atom stereocenters. The van der Waals surface area contributed by atoms with Crippen LogP contribution in [0, 0.1) is 5.82 Å². The minimum Gasteiger partial charge on any atom is -0.370 e. The van der Waals surface area contributed by atoms with E-state index in [0.29, 0.717) is 18.2 Å². The summed E-state index contributed by atoms with van der Waals surface area (Å²) in [5.41, 5.74) is 1.96. The number of likely N-dealkylation sites (N-methyl/N-ethyl adjacent to an activating group) is 1. The van der Waals surface area contributed by atoms with Crippen molar-refractivity contribution in [1.82, 2.24) is 14.8 Å². The van der Waals surface area contributed by atoms with E-state index in [0.717, 1.165) is 51.9 Å². The second-order valence-electron chi connectivity index (χ2n) is 8.50. The van der Waals surface area contributed by atoms with E-state index in [1.807, 2.05) is 24.5 Å². The summed E-state index contributed by atoms with van der Waals surface area (Å²) in [5, 5.41) is 0.203. The molecule has 1 aromatic carbocycles. The van der Waals surface area contributed by atoms with E-state index in [2.05, 4.69) is 34.0 Å². The highest BCUT2D eigenvalue weighted by molar-refractivity contribution is 6.30. The fourth-order valence-corrected chi connectivity index (χ4v) is 4.83. The third-order valence-corrected chi connectivity index (χ3v) is 6.54. The summed E-state index contributed by atoms with van der Waals surface area (Å²) in [5.74, 6) is -0.288. The van der Waals surface area contributed by atoms with Crippen LogP contribution in [-0.4, -0.2) is 53.2 Å².